The van der Waals surface area contributed by atoms with E-state index in [2.05, 4.69) is 31.0 Å². The summed E-state index contributed by atoms with van der Waals surface area (Å²) in [6.45, 7) is 0.702. The highest BCUT2D eigenvalue weighted by atomic mass is 79.9. The minimum Gasteiger partial charge on any atom is -0.316 e. The Morgan fingerprint density at radius 1 is 1.32 bits per heavy atom. The Morgan fingerprint density at radius 3 is 2.53 bits per heavy atom. The SMILES string of the molecule is CNCc1ccc(S(=O)(=O)Nc2ncc(Br)s2)cc1. The molecule has 19 heavy (non-hydrogen) atoms. The smallest absolute Gasteiger partial charge is 0.263 e. The molecule has 1 heterocycles. The van der Waals surface area contributed by atoms with Crippen LogP contribution in [0.15, 0.2) is 39.1 Å². The topological polar surface area (TPSA) is 71.1 Å². The van der Waals surface area contributed by atoms with Gasteiger partial charge in [-0.25, -0.2) is 13.4 Å². The fourth-order valence-electron chi connectivity index (χ4n) is 1.47. The average Bonchev–Trinajstić information content (AvgIpc) is 2.75. The minimum absolute atomic E-state index is 0.221. The van der Waals surface area contributed by atoms with Gasteiger partial charge < -0.3 is 5.32 Å². The lowest BCUT2D eigenvalue weighted by Gasteiger charge is -2.06. The first-order chi connectivity index (χ1) is 9.01. The molecule has 8 heteroatoms. The molecule has 0 bridgehead atoms. The highest BCUT2D eigenvalue weighted by Gasteiger charge is 2.15. The van der Waals surface area contributed by atoms with Crippen molar-refractivity contribution in [2.45, 2.75) is 11.4 Å². The summed E-state index contributed by atoms with van der Waals surface area (Å²) in [5, 5.41) is 3.35. The zero-order chi connectivity index (χ0) is 13.9. The molecule has 0 unspecified atom stereocenters. The van der Waals surface area contributed by atoms with Gasteiger partial charge in [-0.15, -0.1) is 0 Å². The summed E-state index contributed by atoms with van der Waals surface area (Å²) in [5.41, 5.74) is 1.03. The second-order valence-electron chi connectivity index (χ2n) is 3.75. The van der Waals surface area contributed by atoms with Gasteiger partial charge in [0, 0.05) is 6.54 Å². The quantitative estimate of drug-likeness (QED) is 0.857. The van der Waals surface area contributed by atoms with Gasteiger partial charge >= 0.3 is 0 Å². The van der Waals surface area contributed by atoms with Gasteiger partial charge in [-0.05, 0) is 40.7 Å². The molecular formula is C11H12BrN3O2S2. The van der Waals surface area contributed by atoms with Crippen molar-refractivity contribution < 1.29 is 8.42 Å². The predicted molar refractivity (Wildman–Crippen MR) is 79.8 cm³/mol. The molecule has 0 aliphatic rings. The Balaban J connectivity index is 2.19. The molecule has 1 aromatic heterocycles. The molecule has 2 rings (SSSR count). The first-order valence-electron chi connectivity index (χ1n) is 5.39. The molecular weight excluding hydrogens is 350 g/mol. The van der Waals surface area contributed by atoms with E-state index in [-0.39, 0.29) is 4.90 Å². The maximum Gasteiger partial charge on any atom is 0.263 e. The van der Waals surface area contributed by atoms with Crippen LogP contribution in [-0.4, -0.2) is 20.4 Å². The molecule has 5 nitrogen and oxygen atoms in total. The van der Waals surface area contributed by atoms with Crippen LogP contribution in [0.3, 0.4) is 0 Å². The Bertz CT molecular complexity index is 653. The van der Waals surface area contributed by atoms with E-state index in [4.69, 9.17) is 0 Å². The second-order valence-corrected chi connectivity index (χ2v) is 7.84. The molecule has 0 spiro atoms. The Hall–Kier alpha value is -0.960. The Labute approximate surface area is 124 Å². The fraction of sp³-hybridized carbons (Fsp3) is 0.182. The van der Waals surface area contributed by atoms with Crippen LogP contribution in [0.2, 0.25) is 0 Å². The summed E-state index contributed by atoms with van der Waals surface area (Å²) in [4.78, 5) is 4.17. The highest BCUT2D eigenvalue weighted by molar-refractivity contribution is 9.11. The van der Waals surface area contributed by atoms with E-state index in [9.17, 15) is 8.42 Å². The van der Waals surface area contributed by atoms with Gasteiger partial charge in [0.15, 0.2) is 5.13 Å². The van der Waals surface area contributed by atoms with Gasteiger partial charge in [0.1, 0.15) is 0 Å². The number of benzene rings is 1. The standard InChI is InChI=1S/C11H12BrN3O2S2/c1-13-6-8-2-4-9(5-3-8)19(16,17)15-11-14-7-10(12)18-11/h2-5,7,13H,6H2,1H3,(H,14,15). The summed E-state index contributed by atoms with van der Waals surface area (Å²) >= 11 is 4.46. The van der Waals surface area contributed by atoms with Crippen LogP contribution >= 0.6 is 27.3 Å². The zero-order valence-corrected chi connectivity index (χ0v) is 13.3. The number of aromatic nitrogens is 1. The summed E-state index contributed by atoms with van der Waals surface area (Å²) < 4.78 is 27.4. The monoisotopic (exact) mass is 361 g/mol. The molecule has 0 atom stereocenters. The number of nitrogens with zero attached hydrogens (tertiary/aromatic N) is 1. The average molecular weight is 362 g/mol. The number of anilines is 1. The van der Waals surface area contributed by atoms with Crippen LogP contribution in [0.1, 0.15) is 5.56 Å². The number of nitrogens with one attached hydrogen (secondary N) is 2. The van der Waals surface area contributed by atoms with Crippen molar-refractivity contribution in [1.82, 2.24) is 10.3 Å². The third-order valence-electron chi connectivity index (χ3n) is 2.31. The largest absolute Gasteiger partial charge is 0.316 e. The molecule has 0 amide bonds. The van der Waals surface area contributed by atoms with Gasteiger partial charge in [0.05, 0.1) is 14.9 Å². The first-order valence-corrected chi connectivity index (χ1v) is 8.48. The van der Waals surface area contributed by atoms with Crippen molar-refractivity contribution in [2.24, 2.45) is 0 Å². The summed E-state index contributed by atoms with van der Waals surface area (Å²) in [5.74, 6) is 0. The molecule has 0 radical (unpaired) electrons. The maximum atomic E-state index is 12.1. The van der Waals surface area contributed by atoms with E-state index < -0.39 is 10.0 Å². The van der Waals surface area contributed by atoms with Crippen molar-refractivity contribution in [3.8, 4) is 0 Å². The van der Waals surface area contributed by atoms with Crippen LogP contribution < -0.4 is 10.0 Å². The lowest BCUT2D eigenvalue weighted by atomic mass is 10.2. The molecule has 2 N–H and O–H groups in total. The van der Waals surface area contributed by atoms with Gasteiger partial charge in [0.25, 0.3) is 10.0 Å². The van der Waals surface area contributed by atoms with Crippen LogP contribution in [0.4, 0.5) is 5.13 Å². The van der Waals surface area contributed by atoms with E-state index in [0.29, 0.717) is 11.7 Å². The lowest BCUT2D eigenvalue weighted by molar-refractivity contribution is 0.601. The number of hydrogen-bond donors (Lipinski definition) is 2. The summed E-state index contributed by atoms with van der Waals surface area (Å²) in [6, 6.07) is 6.72. The number of halogens is 1. The number of hydrogen-bond acceptors (Lipinski definition) is 5. The van der Waals surface area contributed by atoms with E-state index in [1.54, 1.807) is 30.5 Å². The van der Waals surface area contributed by atoms with Gasteiger partial charge in [-0.2, -0.15) is 0 Å². The molecule has 1 aromatic carbocycles. The van der Waals surface area contributed by atoms with Crippen LogP contribution in [0.25, 0.3) is 0 Å². The normalized spacial score (nSPS) is 11.5. The molecule has 0 aliphatic carbocycles. The third-order valence-corrected chi connectivity index (χ3v) is 5.19. The summed E-state index contributed by atoms with van der Waals surface area (Å²) in [7, 11) is -1.74. The van der Waals surface area contributed by atoms with Crippen molar-refractivity contribution >= 4 is 42.4 Å². The number of rotatable bonds is 5. The maximum absolute atomic E-state index is 12.1. The van der Waals surface area contributed by atoms with E-state index in [1.165, 1.54) is 11.3 Å². The van der Waals surface area contributed by atoms with Crippen LogP contribution in [0, 0.1) is 0 Å². The Morgan fingerprint density at radius 2 is 2.00 bits per heavy atom. The second kappa shape index (κ2) is 6.00. The molecule has 2 aromatic rings. The first kappa shape index (κ1) is 14.4. The molecule has 102 valence electrons. The summed E-state index contributed by atoms with van der Waals surface area (Å²) in [6.07, 6.45) is 1.55. The number of sulfonamides is 1. The Kier molecular flexibility index (Phi) is 4.56. The van der Waals surface area contributed by atoms with E-state index >= 15 is 0 Å². The highest BCUT2D eigenvalue weighted by Crippen LogP contribution is 2.25. The van der Waals surface area contributed by atoms with Crippen LogP contribution in [0.5, 0.6) is 0 Å². The van der Waals surface area contributed by atoms with Crippen molar-refractivity contribution in [1.29, 1.82) is 0 Å². The van der Waals surface area contributed by atoms with E-state index in [1.807, 2.05) is 7.05 Å². The van der Waals surface area contributed by atoms with Crippen molar-refractivity contribution in [2.75, 3.05) is 11.8 Å². The molecule has 0 saturated carbocycles. The third kappa shape index (κ3) is 3.75. The predicted octanol–water partition coefficient (Wildman–Crippen LogP) is 2.43. The molecule has 0 saturated heterocycles. The minimum atomic E-state index is -3.58. The lowest BCUT2D eigenvalue weighted by Crippen LogP contribution is -2.13. The molecule has 0 aliphatic heterocycles. The number of thiazole rings is 1. The molecule has 0 fully saturated rings. The fourth-order valence-corrected chi connectivity index (χ4v) is 3.81. The van der Waals surface area contributed by atoms with Gasteiger partial charge in [-0.1, -0.05) is 23.5 Å². The van der Waals surface area contributed by atoms with Crippen LogP contribution in [-0.2, 0) is 16.6 Å². The van der Waals surface area contributed by atoms with Gasteiger partial charge in [0.2, 0.25) is 0 Å². The zero-order valence-electron chi connectivity index (χ0n) is 10.1. The van der Waals surface area contributed by atoms with Crippen molar-refractivity contribution in [3.63, 3.8) is 0 Å². The van der Waals surface area contributed by atoms with Gasteiger partial charge in [-0.3, -0.25) is 4.72 Å². The van der Waals surface area contributed by atoms with E-state index in [0.717, 1.165) is 9.35 Å². The van der Waals surface area contributed by atoms with Crippen molar-refractivity contribution in [3.05, 3.63) is 39.8 Å².